The summed E-state index contributed by atoms with van der Waals surface area (Å²) < 4.78 is 6.24. The zero-order valence-corrected chi connectivity index (χ0v) is 12.7. The minimum atomic E-state index is -0.392. The molecule has 19 heavy (non-hydrogen) atoms. The van der Waals surface area contributed by atoms with Crippen LogP contribution in [0, 0.1) is 0 Å². The summed E-state index contributed by atoms with van der Waals surface area (Å²) in [5, 5.41) is 10.2. The van der Waals surface area contributed by atoms with Crippen LogP contribution in [0.1, 0.15) is 0 Å². The number of aliphatic hydroxyl groups excluding tert-OH is 1. The first-order valence-electron chi connectivity index (χ1n) is 6.46. The van der Waals surface area contributed by atoms with Gasteiger partial charge in [0, 0.05) is 39.4 Å². The summed E-state index contributed by atoms with van der Waals surface area (Å²) >= 11 is 3.47. The summed E-state index contributed by atoms with van der Waals surface area (Å²) in [6, 6.07) is 3.83. The van der Waals surface area contributed by atoms with Crippen LogP contribution in [-0.4, -0.2) is 67.5 Å². The van der Waals surface area contributed by atoms with Crippen molar-refractivity contribution in [1.82, 2.24) is 9.88 Å². The van der Waals surface area contributed by atoms with E-state index in [0.717, 1.165) is 36.6 Å². The summed E-state index contributed by atoms with van der Waals surface area (Å²) in [7, 11) is 1.94. The normalized spacial score (nSPS) is 18.3. The number of morpholine rings is 1. The summed E-state index contributed by atoms with van der Waals surface area (Å²) in [6.45, 7) is 4.55. The van der Waals surface area contributed by atoms with Crippen molar-refractivity contribution in [3.8, 4) is 0 Å². The molecule has 1 aliphatic rings. The van der Waals surface area contributed by atoms with Gasteiger partial charge in [-0.05, 0) is 28.1 Å². The highest BCUT2D eigenvalue weighted by Crippen LogP contribution is 2.21. The van der Waals surface area contributed by atoms with Crippen LogP contribution in [-0.2, 0) is 4.74 Å². The van der Waals surface area contributed by atoms with E-state index < -0.39 is 6.10 Å². The van der Waals surface area contributed by atoms with Gasteiger partial charge in [0.2, 0.25) is 0 Å². The SMILES string of the molecule is CN(CC(O)CN1CCOCC1)c1ncccc1Br. The number of likely N-dealkylation sites (N-methyl/N-ethyl adjacent to an activating group) is 1. The van der Waals surface area contributed by atoms with Crippen molar-refractivity contribution in [3.63, 3.8) is 0 Å². The predicted molar refractivity (Wildman–Crippen MR) is 78.5 cm³/mol. The van der Waals surface area contributed by atoms with E-state index in [9.17, 15) is 5.11 Å². The van der Waals surface area contributed by atoms with Crippen LogP contribution in [0.4, 0.5) is 5.82 Å². The molecule has 0 amide bonds. The molecular formula is C13H20BrN3O2. The fourth-order valence-electron chi connectivity index (χ4n) is 2.20. The minimum absolute atomic E-state index is 0.392. The van der Waals surface area contributed by atoms with Crippen molar-refractivity contribution in [2.75, 3.05) is 51.3 Å². The maximum Gasteiger partial charge on any atom is 0.142 e. The number of pyridine rings is 1. The lowest BCUT2D eigenvalue weighted by Gasteiger charge is -2.30. The largest absolute Gasteiger partial charge is 0.390 e. The second-order valence-corrected chi connectivity index (χ2v) is 5.61. The molecule has 0 radical (unpaired) electrons. The van der Waals surface area contributed by atoms with E-state index in [2.05, 4.69) is 25.8 Å². The third-order valence-corrected chi connectivity index (χ3v) is 3.78. The van der Waals surface area contributed by atoms with Crippen LogP contribution in [0.15, 0.2) is 22.8 Å². The van der Waals surface area contributed by atoms with E-state index >= 15 is 0 Å². The molecule has 0 aliphatic carbocycles. The molecule has 1 saturated heterocycles. The highest BCUT2D eigenvalue weighted by molar-refractivity contribution is 9.10. The summed E-state index contributed by atoms with van der Waals surface area (Å²) in [5.41, 5.74) is 0. The monoisotopic (exact) mass is 329 g/mol. The average molecular weight is 330 g/mol. The minimum Gasteiger partial charge on any atom is -0.390 e. The number of aliphatic hydroxyl groups is 1. The van der Waals surface area contributed by atoms with Gasteiger partial charge < -0.3 is 14.7 Å². The maximum atomic E-state index is 10.2. The molecule has 106 valence electrons. The Morgan fingerprint density at radius 1 is 1.53 bits per heavy atom. The Kier molecular flexibility index (Phi) is 5.57. The highest BCUT2D eigenvalue weighted by Gasteiger charge is 2.17. The Morgan fingerprint density at radius 3 is 2.95 bits per heavy atom. The number of ether oxygens (including phenoxy) is 1. The highest BCUT2D eigenvalue weighted by atomic mass is 79.9. The Bertz CT molecular complexity index is 399. The third kappa shape index (κ3) is 4.42. The van der Waals surface area contributed by atoms with Crippen LogP contribution >= 0.6 is 15.9 Å². The number of nitrogens with zero attached hydrogens (tertiary/aromatic N) is 3. The number of hydrogen-bond donors (Lipinski definition) is 1. The fourth-order valence-corrected chi connectivity index (χ4v) is 2.76. The summed E-state index contributed by atoms with van der Waals surface area (Å²) in [6.07, 6.45) is 1.36. The van der Waals surface area contributed by atoms with E-state index in [0.29, 0.717) is 13.1 Å². The lowest BCUT2D eigenvalue weighted by Crippen LogP contribution is -2.44. The third-order valence-electron chi connectivity index (χ3n) is 3.16. The molecule has 1 N–H and O–H groups in total. The average Bonchev–Trinajstić information content (AvgIpc) is 2.40. The maximum absolute atomic E-state index is 10.2. The van der Waals surface area contributed by atoms with E-state index in [1.807, 2.05) is 24.1 Å². The molecule has 0 saturated carbocycles. The van der Waals surface area contributed by atoms with Gasteiger partial charge in [0.05, 0.1) is 23.8 Å². The van der Waals surface area contributed by atoms with Gasteiger partial charge >= 0.3 is 0 Å². The van der Waals surface area contributed by atoms with Gasteiger partial charge in [0.1, 0.15) is 5.82 Å². The second-order valence-electron chi connectivity index (χ2n) is 4.76. The first-order chi connectivity index (χ1) is 9.16. The molecule has 1 aliphatic heterocycles. The number of β-amino-alcohol motifs (C(OH)–C–C–N with tert-alkyl or cyclic N) is 1. The smallest absolute Gasteiger partial charge is 0.142 e. The van der Waals surface area contributed by atoms with Gasteiger partial charge in [0.25, 0.3) is 0 Å². The van der Waals surface area contributed by atoms with Crippen molar-refractivity contribution in [2.45, 2.75) is 6.10 Å². The standard InChI is InChI=1S/C13H20BrN3O2/c1-16(13-12(14)3-2-4-15-13)9-11(18)10-17-5-7-19-8-6-17/h2-4,11,18H,5-10H2,1H3. The van der Waals surface area contributed by atoms with Gasteiger partial charge in [-0.15, -0.1) is 0 Å². The summed E-state index contributed by atoms with van der Waals surface area (Å²) in [4.78, 5) is 8.51. The Hall–Kier alpha value is -0.690. The van der Waals surface area contributed by atoms with Crippen LogP contribution in [0.25, 0.3) is 0 Å². The second kappa shape index (κ2) is 7.19. The first kappa shape index (κ1) is 14.7. The van der Waals surface area contributed by atoms with Crippen molar-refractivity contribution in [3.05, 3.63) is 22.8 Å². The molecule has 1 unspecified atom stereocenters. The van der Waals surface area contributed by atoms with Crippen molar-refractivity contribution in [2.24, 2.45) is 0 Å². The van der Waals surface area contributed by atoms with Crippen molar-refractivity contribution in [1.29, 1.82) is 0 Å². The predicted octanol–water partition coefficient (Wildman–Crippen LogP) is 0.973. The molecule has 0 spiro atoms. The molecule has 1 fully saturated rings. The fraction of sp³-hybridized carbons (Fsp3) is 0.615. The van der Waals surface area contributed by atoms with E-state index in [-0.39, 0.29) is 0 Å². The number of rotatable bonds is 5. The molecule has 2 rings (SSSR count). The van der Waals surface area contributed by atoms with Gasteiger partial charge in [-0.2, -0.15) is 0 Å². The van der Waals surface area contributed by atoms with E-state index in [1.54, 1.807) is 6.20 Å². The zero-order chi connectivity index (χ0) is 13.7. The Balaban J connectivity index is 1.84. The van der Waals surface area contributed by atoms with Gasteiger partial charge in [0.15, 0.2) is 0 Å². The lowest BCUT2D eigenvalue weighted by atomic mass is 10.3. The lowest BCUT2D eigenvalue weighted by molar-refractivity contribution is 0.0162. The Labute approximate surface area is 122 Å². The van der Waals surface area contributed by atoms with Crippen molar-refractivity contribution < 1.29 is 9.84 Å². The molecule has 0 aromatic carbocycles. The Morgan fingerprint density at radius 2 is 2.26 bits per heavy atom. The van der Waals surface area contributed by atoms with Gasteiger partial charge in [-0.1, -0.05) is 0 Å². The van der Waals surface area contributed by atoms with Gasteiger partial charge in [-0.25, -0.2) is 4.98 Å². The van der Waals surface area contributed by atoms with Crippen LogP contribution in [0.5, 0.6) is 0 Å². The van der Waals surface area contributed by atoms with E-state index in [4.69, 9.17) is 4.74 Å². The molecular weight excluding hydrogens is 310 g/mol. The topological polar surface area (TPSA) is 48.8 Å². The zero-order valence-electron chi connectivity index (χ0n) is 11.1. The van der Waals surface area contributed by atoms with Crippen LogP contribution < -0.4 is 4.90 Å². The molecule has 0 bridgehead atoms. The first-order valence-corrected chi connectivity index (χ1v) is 7.26. The molecule has 1 aromatic heterocycles. The quantitative estimate of drug-likeness (QED) is 0.872. The summed E-state index contributed by atoms with van der Waals surface area (Å²) in [5.74, 6) is 0.850. The molecule has 1 atom stereocenters. The van der Waals surface area contributed by atoms with E-state index in [1.165, 1.54) is 0 Å². The molecule has 1 aromatic rings. The molecule has 2 heterocycles. The number of anilines is 1. The number of hydrogen-bond acceptors (Lipinski definition) is 5. The van der Waals surface area contributed by atoms with Crippen LogP contribution in [0.2, 0.25) is 0 Å². The molecule has 5 nitrogen and oxygen atoms in total. The number of aromatic nitrogens is 1. The van der Waals surface area contributed by atoms with Crippen LogP contribution in [0.3, 0.4) is 0 Å². The number of halogens is 1. The molecule has 6 heteroatoms. The van der Waals surface area contributed by atoms with Gasteiger partial charge in [-0.3, -0.25) is 4.90 Å². The van der Waals surface area contributed by atoms with Crippen molar-refractivity contribution >= 4 is 21.7 Å².